The molecule has 15 aliphatic carbocycles. The summed E-state index contributed by atoms with van der Waals surface area (Å²) in [5.74, 6) is 6.97. The number of halogens is 1. The molecular weight excluding hydrogens is 1600 g/mol. The summed E-state index contributed by atoms with van der Waals surface area (Å²) in [6, 6.07) is 19.2. The van der Waals surface area contributed by atoms with E-state index in [1.165, 1.54) is 106 Å². The number of carbonyl (C=O) groups excluding carboxylic acids is 1. The molecule has 25 aliphatic rings. The summed E-state index contributed by atoms with van der Waals surface area (Å²) in [5.41, 5.74) is 8.27. The Hall–Kier alpha value is -8.01. The number of phenols is 5. The van der Waals surface area contributed by atoms with Gasteiger partial charge < -0.3 is 112 Å². The minimum absolute atomic E-state index is 0. The maximum atomic E-state index is 13.5. The number of piperidine rings is 5. The number of likely N-dealkylation sites (tertiary alicyclic amines) is 4. The first-order chi connectivity index (χ1) is 60.0. The smallest absolute Gasteiger partial charge is 0.186 e. The zero-order valence-corrected chi connectivity index (χ0v) is 71.6. The molecule has 10 bridgehead atoms. The average molecular weight is 1720 g/mol. The Bertz CT molecular complexity index is 5800. The van der Waals surface area contributed by atoms with Gasteiger partial charge in [-0.25, -0.2) is 4.58 Å². The molecule has 5 saturated heterocycles. The zero-order chi connectivity index (χ0) is 82.7. The van der Waals surface area contributed by atoms with Crippen molar-refractivity contribution in [2.75, 3.05) is 58.9 Å². The lowest BCUT2D eigenvalue weighted by molar-refractivity contribution is -0.944. The average Bonchev–Trinajstić information content (AvgIpc) is 1.47. The van der Waals surface area contributed by atoms with Crippen molar-refractivity contribution in [2.45, 2.75) is 296 Å². The highest BCUT2D eigenvalue weighted by Gasteiger charge is 2.82. The van der Waals surface area contributed by atoms with E-state index in [-0.39, 0.29) is 77.1 Å². The van der Waals surface area contributed by atoms with Gasteiger partial charge in [-0.1, -0.05) is 30.3 Å². The Morgan fingerprint density at radius 3 is 1.08 bits per heavy atom. The lowest BCUT2D eigenvalue weighted by Crippen LogP contribution is -3.21. The van der Waals surface area contributed by atoms with Crippen molar-refractivity contribution >= 4 is 23.4 Å². The van der Waals surface area contributed by atoms with Crippen LogP contribution in [0.4, 0.5) is 0 Å². The Kier molecular flexibility index (Phi) is 15.0. The third kappa shape index (κ3) is 9.14. The number of nitrogens with one attached hydrogen (secondary N) is 5. The Morgan fingerprint density at radius 2 is 0.704 bits per heavy atom. The Labute approximate surface area is 731 Å². The van der Waals surface area contributed by atoms with Crippen molar-refractivity contribution < 1.29 is 116 Å². The third-order valence-electron chi connectivity index (χ3n) is 39.3. The molecule has 24 atom stereocenters. The number of carbonyl (C=O) groups is 1. The molecule has 31 rings (SSSR count). The molecule has 11 heterocycles. The first-order valence-electron chi connectivity index (χ1n) is 48.1. The lowest BCUT2D eigenvalue weighted by Gasteiger charge is -2.61. The first-order valence-corrected chi connectivity index (χ1v) is 48.1. The molecule has 5 aromatic carbocycles. The summed E-state index contributed by atoms with van der Waals surface area (Å²) in [7, 11) is 0. The standard InChI is InChI=1S/C40H46N4O6.C40H41N3O6.C20H23NO4.ClH/c45-27-7-5-23-17-29-39(47)11-9-25(35-37(39,31(23)33(27)49-35)13-15-43(29)19-21-1-2-21)41-42-26-10-12-40(48)30-18-24-6-8-28(46)34-32(24)38(40,36(26)50-34)14-16-44(30)20-22-3-4-22;44-25-7-5-21-13-27-39(46)15-23-24-16-40(47)28-14-22-6-8-26(45)34-30(22)38(40,10-12-43(28)18-20-3-4-20)36(49-34)32(24)41-31(23)35-37(39,29(21)33(25)48-35)9-11-42(27)17-19-1-2-19;22-13-4-3-12-9-15-20(24)6-5-14(23)18-19(20,16(12)17(13)25-18)7-8-21(15)10-11-1-2-11;/h5-8,21-22,29-30,35-36,45-48H,1-4,9-20H2;5-8,17,19-20,27-28,35-36,41,46-47H,1-4,9-16,18H2,(H-,44,45);3-4,11,15,18,22,24H,1-2,5-10H2;1H/p+4/b41-25+,42-26+;;;/t29-,30-,35+,36+,37+,38+,39-,40-;27-,28-,35+,36+,37+,38+,39-,40-;15-,18+,19+,20-;/m111./s1. The molecule has 4 unspecified atom stereocenters. The quantitative estimate of drug-likeness (QED) is 0.0643. The van der Waals surface area contributed by atoms with Crippen LogP contribution in [0.5, 0.6) is 57.5 Å². The number of aromatic hydroxyl groups is 5. The van der Waals surface area contributed by atoms with Crippen LogP contribution in [-0.2, 0) is 76.8 Å². The number of ether oxygens (including phenoxy) is 5. The number of ketones is 1. The summed E-state index contributed by atoms with van der Waals surface area (Å²) in [5, 5.41) is 130. The van der Waals surface area contributed by atoms with Crippen LogP contribution in [0, 0.1) is 29.6 Å². The van der Waals surface area contributed by atoms with Gasteiger partial charge in [0.15, 0.2) is 99.8 Å². The van der Waals surface area contributed by atoms with Gasteiger partial charge in [0.25, 0.3) is 0 Å². The maximum Gasteiger partial charge on any atom is 0.186 e. The number of aromatic nitrogens is 1. The second-order valence-electron chi connectivity index (χ2n) is 44.6. The van der Waals surface area contributed by atoms with Crippen LogP contribution >= 0.6 is 0 Å². The normalized spacial score (nSPS) is 43.8. The number of quaternary nitrogens is 4. The number of Topliss-reactive ketones (excluding diaryl/α,β-unsaturated/α-hetero) is 1. The van der Waals surface area contributed by atoms with Crippen molar-refractivity contribution in [3.05, 3.63) is 139 Å². The van der Waals surface area contributed by atoms with Crippen LogP contribution in [0.15, 0.2) is 70.9 Å². The molecule has 0 amide bonds. The Balaban J connectivity index is 0.000000100. The van der Waals surface area contributed by atoms with Crippen LogP contribution in [0.1, 0.15) is 225 Å². The van der Waals surface area contributed by atoms with E-state index in [1.54, 1.807) is 30.3 Å². The minimum atomic E-state index is -1.12. The summed E-state index contributed by atoms with van der Waals surface area (Å²) < 4.78 is 35.9. The van der Waals surface area contributed by atoms with Crippen molar-refractivity contribution in [1.82, 2.24) is 4.98 Å². The van der Waals surface area contributed by atoms with E-state index in [1.807, 2.05) is 12.1 Å². The fourth-order valence-electron chi connectivity index (χ4n) is 33.2. The number of hydrogen-bond acceptors (Lipinski definition) is 18. The SMILES string of the molecule is O=C1CC[C@@]2(O)[C@H]3Cc4ccc(O)c5c4[C@@]2(CC[NH+]3CC2CC2)[C@H]1O5.Oc1ccc2c3c1O[C@H]1/C(=N/N=C4\CC[C@@]5(O)[C@H]6Cc7ccc(O)c8c7[C@@]5(CC[NH+]6CC5CC5)[C@H]4O8)CC[C@@]4(O)[C@@H](C2)[NH+](CC2CC2)CC[C@]314.Oc1ccc2c3c1O[C@H]1c4[nH]c5c(c4C[C@@]4(O)[C@@H](C2)[N+](=CC2CC2)CC[C@]314)C[C@@]1(O)[C@H]2Cc3ccc(O)c4c3[C@@]1(CC[NH+]2CC1CC1)[C@H]5O4.[Cl-]. The van der Waals surface area contributed by atoms with Crippen LogP contribution in [0.2, 0.25) is 0 Å². The molecule has 13 fully saturated rings. The topological polar surface area (TPSA) is 327 Å². The van der Waals surface area contributed by atoms with Crippen LogP contribution in [-0.4, -0.2) is 219 Å². The molecular formula is C100H115ClN8O16+4. The predicted molar refractivity (Wildman–Crippen MR) is 448 cm³/mol. The number of hydrogen-bond donors (Lipinski definition) is 15. The van der Waals surface area contributed by atoms with E-state index in [2.05, 4.69) is 34.0 Å². The van der Waals surface area contributed by atoms with E-state index in [9.17, 15) is 55.9 Å². The number of benzene rings is 5. The van der Waals surface area contributed by atoms with E-state index < -0.39 is 85.6 Å². The number of fused-ring (bicyclic) bond motifs is 5. The van der Waals surface area contributed by atoms with Gasteiger partial charge in [0.2, 0.25) is 0 Å². The number of rotatable bonds is 10. The van der Waals surface area contributed by atoms with E-state index in [0.29, 0.717) is 92.5 Å². The van der Waals surface area contributed by atoms with Crippen molar-refractivity contribution in [3.8, 4) is 57.5 Å². The first kappa shape index (κ1) is 75.9. The number of H-pyrrole nitrogens is 1. The second-order valence-corrected chi connectivity index (χ2v) is 44.6. The molecule has 0 radical (unpaired) electrons. The van der Waals surface area contributed by atoms with Gasteiger partial charge in [-0.2, -0.15) is 10.2 Å². The summed E-state index contributed by atoms with van der Waals surface area (Å²) in [6.07, 6.45) is 24.6. The molecule has 8 saturated carbocycles. The van der Waals surface area contributed by atoms with Gasteiger partial charge in [-0.05, 0) is 166 Å². The van der Waals surface area contributed by atoms with Crippen molar-refractivity contribution in [1.29, 1.82) is 0 Å². The van der Waals surface area contributed by atoms with Crippen molar-refractivity contribution in [2.24, 2.45) is 39.8 Å². The molecule has 15 N–H and O–H groups in total. The summed E-state index contributed by atoms with van der Waals surface area (Å²) in [4.78, 5) is 22.7. The van der Waals surface area contributed by atoms with Gasteiger partial charge in [0, 0.05) is 141 Å². The highest BCUT2D eigenvalue weighted by molar-refractivity contribution is 5.98. The van der Waals surface area contributed by atoms with Crippen LogP contribution < -0.4 is 55.7 Å². The summed E-state index contributed by atoms with van der Waals surface area (Å²) >= 11 is 0. The molecule has 25 heteroatoms. The van der Waals surface area contributed by atoms with Gasteiger partial charge >= 0.3 is 0 Å². The Morgan fingerprint density at radius 1 is 0.384 bits per heavy atom. The molecule has 6 aromatic rings. The van der Waals surface area contributed by atoms with Crippen LogP contribution in [0.3, 0.4) is 0 Å². The largest absolute Gasteiger partial charge is 1.00 e. The number of nitrogens with zero attached hydrogens (tertiary/aromatic N) is 3. The third-order valence-corrected chi connectivity index (χ3v) is 39.3. The highest BCUT2D eigenvalue weighted by atomic mass is 35.5. The lowest BCUT2D eigenvalue weighted by atomic mass is 9.47. The molecule has 24 nitrogen and oxygen atoms in total. The van der Waals surface area contributed by atoms with Crippen LogP contribution in [0.25, 0.3) is 0 Å². The predicted octanol–water partition coefficient (Wildman–Crippen LogP) is 0.190. The number of aliphatic hydroxyl groups is 5. The fraction of sp³-hybridized carbons (Fsp3) is 0.620. The molecule has 5 spiro atoms. The molecule has 654 valence electrons. The van der Waals surface area contributed by atoms with Gasteiger partial charge in [-0.15, -0.1) is 0 Å². The van der Waals surface area contributed by atoms with E-state index >= 15 is 0 Å². The molecule has 1 aromatic heterocycles. The number of aromatic amines is 1. The van der Waals surface area contributed by atoms with Gasteiger partial charge in [0.05, 0.1) is 102 Å². The second kappa shape index (κ2) is 24.7. The van der Waals surface area contributed by atoms with Crippen molar-refractivity contribution in [3.63, 3.8) is 0 Å². The summed E-state index contributed by atoms with van der Waals surface area (Å²) in [6.45, 7) is 9.25. The monoisotopic (exact) mass is 1720 g/mol. The van der Waals surface area contributed by atoms with E-state index in [0.717, 1.165) is 208 Å². The zero-order valence-electron chi connectivity index (χ0n) is 70.8. The maximum absolute atomic E-state index is 13.5. The molecule has 10 aliphatic heterocycles. The van der Waals surface area contributed by atoms with Gasteiger partial charge in [0.1, 0.15) is 64.9 Å². The molecule has 125 heavy (non-hydrogen) atoms. The van der Waals surface area contributed by atoms with E-state index in [4.69, 9.17) is 33.9 Å². The number of phenolic OH excluding ortho intramolecular Hbond substituents is 5. The fourth-order valence-corrected chi connectivity index (χ4v) is 33.2. The minimum Gasteiger partial charge on any atom is -1.00 e. The highest BCUT2D eigenvalue weighted by Crippen LogP contribution is 2.74. The van der Waals surface area contributed by atoms with Gasteiger partial charge in [-0.3, -0.25) is 4.79 Å².